The van der Waals surface area contributed by atoms with Gasteiger partial charge in [-0.05, 0) is 70.6 Å². The van der Waals surface area contributed by atoms with Crippen LogP contribution in [0.4, 0.5) is 5.69 Å². The number of unbranched alkanes of at least 4 members (excludes halogenated alkanes) is 5. The molecule has 0 N–H and O–H groups in total. The van der Waals surface area contributed by atoms with Crippen LogP contribution in [0.15, 0.2) is 18.2 Å². The van der Waals surface area contributed by atoms with Crippen molar-refractivity contribution < 1.29 is 22.7 Å². The fourth-order valence-electron chi connectivity index (χ4n) is 5.42. The highest BCUT2D eigenvalue weighted by Crippen LogP contribution is 2.34. The van der Waals surface area contributed by atoms with Crippen molar-refractivity contribution >= 4 is 44.9 Å². The number of ether oxygens (including phenoxy) is 1. The van der Waals surface area contributed by atoms with Gasteiger partial charge in [0.15, 0.2) is 5.11 Å². The fraction of sp³-hybridized carbons (Fsp3) is 0.667. The topological polar surface area (TPSA) is 90.5 Å². The summed E-state index contributed by atoms with van der Waals surface area (Å²) in [6, 6.07) is 5.31. The molecular weight excluding hydrogens is 524 g/mol. The van der Waals surface area contributed by atoms with Crippen molar-refractivity contribution in [3.8, 4) is 0 Å². The largest absolute Gasteiger partial charge is 0.457 e. The van der Waals surface area contributed by atoms with Crippen LogP contribution in [0, 0.1) is 0 Å². The summed E-state index contributed by atoms with van der Waals surface area (Å²) in [6.07, 6.45) is 6.64. The van der Waals surface area contributed by atoms with E-state index in [1.807, 2.05) is 24.8 Å². The minimum Gasteiger partial charge on any atom is -0.457 e. The molecule has 4 rings (SSSR count). The molecule has 1 aromatic rings. The van der Waals surface area contributed by atoms with E-state index in [1.54, 1.807) is 28.3 Å². The number of esters is 1. The highest BCUT2D eigenvalue weighted by Gasteiger charge is 2.49. The van der Waals surface area contributed by atoms with Crippen molar-refractivity contribution in [1.29, 1.82) is 0 Å². The number of cyclic esters (lactones) is 1. The van der Waals surface area contributed by atoms with E-state index in [2.05, 4.69) is 4.90 Å². The lowest BCUT2D eigenvalue weighted by Gasteiger charge is -2.33. The molecule has 0 radical (unpaired) electrons. The first-order valence-electron chi connectivity index (χ1n) is 13.7. The second-order valence-corrected chi connectivity index (χ2v) is 13.4. The molecule has 3 aliphatic rings. The Labute approximate surface area is 232 Å². The van der Waals surface area contributed by atoms with Crippen molar-refractivity contribution in [2.75, 3.05) is 49.9 Å². The van der Waals surface area contributed by atoms with E-state index in [0.29, 0.717) is 29.5 Å². The molecular formula is C27H40N4O5S2. The number of carbonyl (C=O) groups excluding carboxylic acids is 2. The molecule has 2 saturated heterocycles. The summed E-state index contributed by atoms with van der Waals surface area (Å²) in [7, 11) is -3.07. The Balaban J connectivity index is 1.16. The number of hydrogen-bond donors (Lipinski definition) is 0. The molecule has 0 saturated carbocycles. The van der Waals surface area contributed by atoms with Gasteiger partial charge in [0.1, 0.15) is 12.1 Å². The van der Waals surface area contributed by atoms with Gasteiger partial charge >= 0.3 is 5.97 Å². The predicted molar refractivity (Wildman–Crippen MR) is 152 cm³/mol. The van der Waals surface area contributed by atoms with E-state index in [0.717, 1.165) is 63.8 Å². The molecule has 3 aliphatic heterocycles. The van der Waals surface area contributed by atoms with Gasteiger partial charge in [-0.3, -0.25) is 9.69 Å². The second-order valence-electron chi connectivity index (χ2n) is 10.8. The Bertz CT molecular complexity index is 1160. The summed E-state index contributed by atoms with van der Waals surface area (Å²) in [6.45, 7) is 10.4. The lowest BCUT2D eigenvalue weighted by Crippen LogP contribution is -2.49. The van der Waals surface area contributed by atoms with Gasteiger partial charge in [0, 0.05) is 38.3 Å². The Morgan fingerprint density at radius 1 is 0.947 bits per heavy atom. The van der Waals surface area contributed by atoms with Crippen molar-refractivity contribution in [1.82, 2.24) is 14.1 Å². The lowest BCUT2D eigenvalue weighted by molar-refractivity contribution is -0.123. The Hall–Kier alpha value is -2.08. The number of sulfonamides is 1. The smallest absolute Gasteiger partial charge is 0.338 e. The van der Waals surface area contributed by atoms with Gasteiger partial charge in [-0.2, -0.15) is 4.31 Å². The van der Waals surface area contributed by atoms with Crippen LogP contribution in [-0.2, 0) is 26.2 Å². The standard InChI is InChI=1S/C27H40N4O5S2/c1-4-38(34,35)29-17-15-28(16-18-29)13-9-7-5-6-8-10-14-30-26(37)31(25(33)27(30,2)3)22-11-12-23-21(19-22)20-36-24(23)32/h11-12,19H,4-10,13-18,20H2,1-3H3. The molecule has 2 fully saturated rings. The molecule has 11 heteroatoms. The number of carbonyl (C=O) groups is 2. The average molecular weight is 565 g/mol. The fourth-order valence-corrected chi connectivity index (χ4v) is 7.02. The SMILES string of the molecule is CCS(=O)(=O)N1CCN(CCCCCCCCN2C(=S)N(c3ccc4c(c3)COC4=O)C(=O)C2(C)C)CC1. The van der Waals surface area contributed by atoms with Gasteiger partial charge in [0.2, 0.25) is 10.0 Å². The third-order valence-corrected chi connectivity index (χ3v) is 10.2. The van der Waals surface area contributed by atoms with Crippen LogP contribution < -0.4 is 4.90 Å². The maximum Gasteiger partial charge on any atom is 0.338 e. The van der Waals surface area contributed by atoms with Gasteiger partial charge in [0.25, 0.3) is 5.91 Å². The van der Waals surface area contributed by atoms with E-state index in [9.17, 15) is 18.0 Å². The zero-order chi connectivity index (χ0) is 27.5. The first-order chi connectivity index (χ1) is 18.1. The monoisotopic (exact) mass is 564 g/mol. The summed E-state index contributed by atoms with van der Waals surface area (Å²) in [5.74, 6) is -0.205. The van der Waals surface area contributed by atoms with Gasteiger partial charge in [-0.15, -0.1) is 0 Å². The number of piperazine rings is 1. The van der Waals surface area contributed by atoms with Crippen LogP contribution in [0.1, 0.15) is 75.2 Å². The highest BCUT2D eigenvalue weighted by molar-refractivity contribution is 7.89. The predicted octanol–water partition coefficient (Wildman–Crippen LogP) is 3.38. The summed E-state index contributed by atoms with van der Waals surface area (Å²) in [4.78, 5) is 31.1. The normalized spacial score (nSPS) is 20.3. The van der Waals surface area contributed by atoms with Crippen molar-refractivity contribution in [2.24, 2.45) is 0 Å². The maximum absolute atomic E-state index is 13.3. The van der Waals surface area contributed by atoms with Gasteiger partial charge in [-0.25, -0.2) is 13.2 Å². The number of hydrogen-bond acceptors (Lipinski definition) is 7. The molecule has 210 valence electrons. The van der Waals surface area contributed by atoms with E-state index < -0.39 is 15.6 Å². The number of rotatable bonds is 12. The molecule has 0 aliphatic carbocycles. The molecule has 3 heterocycles. The van der Waals surface area contributed by atoms with Gasteiger partial charge in [-0.1, -0.05) is 25.7 Å². The number of benzene rings is 1. The summed E-state index contributed by atoms with van der Waals surface area (Å²) < 4.78 is 30.7. The molecule has 1 amide bonds. The van der Waals surface area contributed by atoms with Crippen LogP contribution >= 0.6 is 12.2 Å². The molecule has 0 aromatic heterocycles. The molecule has 9 nitrogen and oxygen atoms in total. The van der Waals surface area contributed by atoms with Crippen LogP contribution in [0.2, 0.25) is 0 Å². The quantitative estimate of drug-likeness (QED) is 0.217. The molecule has 38 heavy (non-hydrogen) atoms. The first-order valence-corrected chi connectivity index (χ1v) is 15.7. The van der Waals surface area contributed by atoms with E-state index >= 15 is 0 Å². The van der Waals surface area contributed by atoms with E-state index in [-0.39, 0.29) is 24.2 Å². The zero-order valence-corrected chi connectivity index (χ0v) is 24.4. The second kappa shape index (κ2) is 12.0. The number of nitrogens with zero attached hydrogens (tertiary/aromatic N) is 4. The number of anilines is 1. The molecule has 0 spiro atoms. The number of fused-ring (bicyclic) bond motifs is 1. The van der Waals surface area contributed by atoms with Gasteiger partial charge in [0.05, 0.1) is 17.0 Å². The molecule has 0 atom stereocenters. The van der Waals surface area contributed by atoms with E-state index in [4.69, 9.17) is 17.0 Å². The molecule has 1 aromatic carbocycles. The molecule has 0 bridgehead atoms. The Morgan fingerprint density at radius 3 is 2.24 bits per heavy atom. The number of thiocarbonyl (C=S) groups is 1. The van der Waals surface area contributed by atoms with Crippen LogP contribution in [0.3, 0.4) is 0 Å². The third kappa shape index (κ3) is 6.05. The minimum atomic E-state index is -3.07. The highest BCUT2D eigenvalue weighted by atomic mass is 32.2. The van der Waals surface area contributed by atoms with E-state index in [1.165, 1.54) is 6.42 Å². The maximum atomic E-state index is 13.3. The van der Waals surface area contributed by atoms with Crippen LogP contribution in [-0.4, -0.2) is 90.1 Å². The lowest BCUT2D eigenvalue weighted by atomic mass is 10.0. The Kier molecular flexibility index (Phi) is 9.11. The van der Waals surface area contributed by atoms with Crippen molar-refractivity contribution in [3.63, 3.8) is 0 Å². The summed E-state index contributed by atoms with van der Waals surface area (Å²) >= 11 is 5.74. The summed E-state index contributed by atoms with van der Waals surface area (Å²) in [5.41, 5.74) is 1.29. The van der Waals surface area contributed by atoms with Crippen molar-refractivity contribution in [3.05, 3.63) is 29.3 Å². The summed E-state index contributed by atoms with van der Waals surface area (Å²) in [5, 5.41) is 0.511. The molecule has 0 unspecified atom stereocenters. The van der Waals surface area contributed by atoms with Crippen molar-refractivity contribution in [2.45, 2.75) is 71.4 Å². The zero-order valence-electron chi connectivity index (χ0n) is 22.8. The van der Waals surface area contributed by atoms with Crippen LogP contribution in [0.25, 0.3) is 0 Å². The first kappa shape index (κ1) is 28.9. The minimum absolute atomic E-state index is 0.0548. The number of amides is 1. The van der Waals surface area contributed by atoms with Gasteiger partial charge < -0.3 is 14.5 Å². The Morgan fingerprint density at radius 2 is 1.58 bits per heavy atom. The third-order valence-electron chi connectivity index (χ3n) is 7.94. The van der Waals surface area contributed by atoms with Crippen LogP contribution in [0.5, 0.6) is 0 Å². The average Bonchev–Trinajstić information content (AvgIpc) is 3.34.